The van der Waals surface area contributed by atoms with Gasteiger partial charge in [-0.1, -0.05) is 6.92 Å². The highest BCUT2D eigenvalue weighted by Crippen LogP contribution is 2.33. The fourth-order valence-electron chi connectivity index (χ4n) is 4.35. The summed E-state index contributed by atoms with van der Waals surface area (Å²) in [5.41, 5.74) is 1.46. The van der Waals surface area contributed by atoms with Crippen LogP contribution in [0.4, 0.5) is 16.2 Å². The molecule has 3 atom stereocenters. The van der Waals surface area contributed by atoms with Crippen LogP contribution < -0.4 is 20.1 Å². The van der Waals surface area contributed by atoms with Gasteiger partial charge in [0.25, 0.3) is 5.91 Å². The van der Waals surface area contributed by atoms with Crippen LogP contribution in [-0.4, -0.2) is 78.8 Å². The quantitative estimate of drug-likeness (QED) is 0.487. The molecule has 4 amide bonds. The molecule has 0 spiro atoms. The number of fused-ring (bicyclic) bond motifs is 1. The number of hydrogen-bond acceptors (Lipinski definition) is 6. The molecule has 10 heteroatoms. The summed E-state index contributed by atoms with van der Waals surface area (Å²) in [7, 11) is 3.26. The zero-order valence-electron chi connectivity index (χ0n) is 22.3. The normalized spacial score (nSPS) is 19.8. The number of aliphatic hydroxyl groups is 1. The summed E-state index contributed by atoms with van der Waals surface area (Å²) >= 11 is 0. The number of carbonyl (C=O) groups is 3. The van der Waals surface area contributed by atoms with Gasteiger partial charge in [-0.15, -0.1) is 0 Å². The van der Waals surface area contributed by atoms with E-state index < -0.39 is 12.1 Å². The number of methoxy groups -OCH3 is 1. The maximum Gasteiger partial charge on any atom is 0.321 e. The molecule has 1 fully saturated rings. The van der Waals surface area contributed by atoms with Crippen molar-refractivity contribution in [3.05, 3.63) is 48.0 Å². The molecule has 0 aromatic heterocycles. The third-order valence-electron chi connectivity index (χ3n) is 7.02. The molecular formula is C28H36N4O6. The van der Waals surface area contributed by atoms with Crippen LogP contribution in [0.3, 0.4) is 0 Å². The van der Waals surface area contributed by atoms with Gasteiger partial charge in [-0.2, -0.15) is 0 Å². The minimum atomic E-state index is -0.436. The predicted octanol–water partition coefficient (Wildman–Crippen LogP) is 3.43. The Hall–Kier alpha value is -3.79. The van der Waals surface area contributed by atoms with Crippen LogP contribution in [0.2, 0.25) is 0 Å². The summed E-state index contributed by atoms with van der Waals surface area (Å²) in [6.45, 7) is 4.14. The van der Waals surface area contributed by atoms with Gasteiger partial charge in [0, 0.05) is 36.8 Å². The van der Waals surface area contributed by atoms with E-state index in [-0.39, 0.29) is 42.8 Å². The lowest BCUT2D eigenvalue weighted by atomic mass is 9.99. The molecule has 1 saturated carbocycles. The Morgan fingerprint density at radius 1 is 1.16 bits per heavy atom. The highest BCUT2D eigenvalue weighted by Gasteiger charge is 2.35. The van der Waals surface area contributed by atoms with Gasteiger partial charge >= 0.3 is 6.03 Å². The van der Waals surface area contributed by atoms with Crippen LogP contribution in [0, 0.1) is 11.8 Å². The van der Waals surface area contributed by atoms with E-state index in [1.165, 1.54) is 0 Å². The SMILES string of the molecule is COc1ccc(NC(=O)N(C)C[C@H]2Oc3ccc(NC(=O)C4CC4)cc3C(=O)N([C@@H](C)CO)C[C@H]2C)cc1. The minimum Gasteiger partial charge on any atom is -0.497 e. The largest absolute Gasteiger partial charge is 0.497 e. The number of carbonyl (C=O) groups excluding carboxylic acids is 3. The zero-order chi connectivity index (χ0) is 27.4. The van der Waals surface area contributed by atoms with Crippen LogP contribution in [0.5, 0.6) is 11.5 Å². The van der Waals surface area contributed by atoms with E-state index in [4.69, 9.17) is 9.47 Å². The minimum absolute atomic E-state index is 0.0275. The first-order chi connectivity index (χ1) is 18.2. The lowest BCUT2D eigenvalue weighted by Crippen LogP contribution is -2.50. The lowest BCUT2D eigenvalue weighted by molar-refractivity contribution is -0.117. The van der Waals surface area contributed by atoms with Gasteiger partial charge in [0.15, 0.2) is 0 Å². The molecule has 3 N–H and O–H groups in total. The van der Waals surface area contributed by atoms with E-state index in [0.717, 1.165) is 12.8 Å². The molecule has 1 aliphatic carbocycles. The van der Waals surface area contributed by atoms with Crippen molar-refractivity contribution < 1.29 is 29.0 Å². The Kier molecular flexibility index (Phi) is 8.41. The van der Waals surface area contributed by atoms with E-state index >= 15 is 0 Å². The number of anilines is 2. The van der Waals surface area contributed by atoms with Crippen LogP contribution in [0.25, 0.3) is 0 Å². The molecule has 2 aromatic rings. The highest BCUT2D eigenvalue weighted by atomic mass is 16.5. The van der Waals surface area contributed by atoms with Gasteiger partial charge in [-0.25, -0.2) is 4.79 Å². The van der Waals surface area contributed by atoms with Gasteiger partial charge in [-0.3, -0.25) is 9.59 Å². The number of hydrogen-bond donors (Lipinski definition) is 3. The molecule has 4 rings (SSSR count). The molecule has 204 valence electrons. The maximum atomic E-state index is 13.5. The molecule has 1 heterocycles. The van der Waals surface area contributed by atoms with Gasteiger partial charge in [0.1, 0.15) is 17.6 Å². The average molecular weight is 525 g/mol. The van der Waals surface area contributed by atoms with E-state index in [2.05, 4.69) is 10.6 Å². The summed E-state index contributed by atoms with van der Waals surface area (Å²) in [4.78, 5) is 41.9. The first-order valence-electron chi connectivity index (χ1n) is 12.9. The molecule has 2 aromatic carbocycles. The summed E-state index contributed by atoms with van der Waals surface area (Å²) < 4.78 is 11.5. The fraction of sp³-hybridized carbons (Fsp3) is 0.464. The van der Waals surface area contributed by atoms with E-state index in [1.807, 2.05) is 6.92 Å². The van der Waals surface area contributed by atoms with Crippen LogP contribution in [0.1, 0.15) is 37.0 Å². The number of ether oxygens (including phenoxy) is 2. The van der Waals surface area contributed by atoms with Crippen molar-refractivity contribution in [1.82, 2.24) is 9.80 Å². The third kappa shape index (κ3) is 6.36. The van der Waals surface area contributed by atoms with Crippen molar-refractivity contribution >= 4 is 29.2 Å². The Bertz CT molecular complexity index is 1170. The lowest BCUT2D eigenvalue weighted by Gasteiger charge is -2.38. The van der Waals surface area contributed by atoms with Crippen molar-refractivity contribution in [3.63, 3.8) is 0 Å². The van der Waals surface area contributed by atoms with Gasteiger partial charge in [0.2, 0.25) is 5.91 Å². The number of nitrogens with one attached hydrogen (secondary N) is 2. The molecule has 10 nitrogen and oxygen atoms in total. The second kappa shape index (κ2) is 11.7. The predicted molar refractivity (Wildman–Crippen MR) is 144 cm³/mol. The first kappa shape index (κ1) is 27.3. The molecule has 0 radical (unpaired) electrons. The number of likely N-dealkylation sites (N-methyl/N-ethyl adjacent to an activating group) is 1. The summed E-state index contributed by atoms with van der Waals surface area (Å²) in [5, 5.41) is 15.6. The summed E-state index contributed by atoms with van der Waals surface area (Å²) in [6, 6.07) is 11.4. The number of rotatable bonds is 8. The second-order valence-corrected chi connectivity index (χ2v) is 10.1. The number of amides is 4. The first-order valence-corrected chi connectivity index (χ1v) is 12.9. The van der Waals surface area contributed by atoms with Gasteiger partial charge in [0.05, 0.1) is 31.9 Å². The fourth-order valence-corrected chi connectivity index (χ4v) is 4.35. The average Bonchev–Trinajstić information content (AvgIpc) is 3.76. The number of urea groups is 1. The Balaban J connectivity index is 1.54. The second-order valence-electron chi connectivity index (χ2n) is 10.1. The van der Waals surface area contributed by atoms with Crippen LogP contribution in [-0.2, 0) is 4.79 Å². The van der Waals surface area contributed by atoms with E-state index in [1.54, 1.807) is 73.3 Å². The van der Waals surface area contributed by atoms with Crippen molar-refractivity contribution in [2.24, 2.45) is 11.8 Å². The zero-order valence-corrected chi connectivity index (χ0v) is 22.3. The molecule has 0 saturated heterocycles. The van der Waals surface area contributed by atoms with Crippen molar-refractivity contribution in [3.8, 4) is 11.5 Å². The van der Waals surface area contributed by atoms with Crippen molar-refractivity contribution in [2.75, 3.05) is 44.5 Å². The van der Waals surface area contributed by atoms with E-state index in [0.29, 0.717) is 35.0 Å². The smallest absolute Gasteiger partial charge is 0.321 e. The molecule has 0 unspecified atom stereocenters. The Morgan fingerprint density at radius 2 is 1.84 bits per heavy atom. The van der Waals surface area contributed by atoms with Crippen LogP contribution in [0.15, 0.2) is 42.5 Å². The Labute approximate surface area is 222 Å². The molecule has 2 aliphatic rings. The maximum absolute atomic E-state index is 13.5. The van der Waals surface area contributed by atoms with Crippen molar-refractivity contribution in [1.29, 1.82) is 0 Å². The Morgan fingerprint density at radius 3 is 2.47 bits per heavy atom. The molecule has 1 aliphatic heterocycles. The third-order valence-corrected chi connectivity index (χ3v) is 7.02. The monoisotopic (exact) mass is 524 g/mol. The summed E-state index contributed by atoms with van der Waals surface area (Å²) in [5.74, 6) is 0.611. The van der Waals surface area contributed by atoms with Gasteiger partial charge in [-0.05, 0) is 62.2 Å². The van der Waals surface area contributed by atoms with Crippen LogP contribution >= 0.6 is 0 Å². The number of nitrogens with zero attached hydrogens (tertiary/aromatic N) is 2. The summed E-state index contributed by atoms with van der Waals surface area (Å²) in [6.07, 6.45) is 1.31. The topological polar surface area (TPSA) is 120 Å². The standard InChI is InChI=1S/C28H36N4O6/c1-17-14-32(18(2)16-33)27(35)23-13-21(29-26(34)19-5-6-19)9-12-24(23)38-25(17)15-31(3)28(36)30-20-7-10-22(37-4)11-8-20/h7-13,17-19,25,33H,5-6,14-16H2,1-4H3,(H,29,34)(H,30,36)/t17-,18+,25-/m1/s1. The number of benzene rings is 2. The van der Waals surface area contributed by atoms with Gasteiger partial charge < -0.3 is 35.0 Å². The molecular weight excluding hydrogens is 488 g/mol. The molecule has 0 bridgehead atoms. The van der Waals surface area contributed by atoms with E-state index in [9.17, 15) is 19.5 Å². The molecule has 38 heavy (non-hydrogen) atoms. The number of aliphatic hydroxyl groups excluding tert-OH is 1. The highest BCUT2D eigenvalue weighted by molar-refractivity contribution is 6.00. The van der Waals surface area contributed by atoms with Crippen molar-refractivity contribution in [2.45, 2.75) is 38.8 Å².